The molecule has 2 nitrogen and oxygen atoms in total. The van der Waals surface area contributed by atoms with Crippen molar-refractivity contribution in [2.24, 2.45) is 5.92 Å². The highest BCUT2D eigenvalue weighted by Gasteiger charge is 2.29. The molecule has 1 saturated carbocycles. The van der Waals surface area contributed by atoms with E-state index in [1.54, 1.807) is 0 Å². The summed E-state index contributed by atoms with van der Waals surface area (Å²) >= 11 is 6.43. The van der Waals surface area contributed by atoms with Gasteiger partial charge in [-0.1, -0.05) is 38.4 Å². The predicted molar refractivity (Wildman–Crippen MR) is 88.7 cm³/mol. The first-order valence-corrected chi connectivity index (χ1v) is 8.25. The average molecular weight is 295 g/mol. The minimum Gasteiger partial charge on any atom is -0.368 e. The second-order valence-electron chi connectivity index (χ2n) is 6.16. The van der Waals surface area contributed by atoms with Crippen LogP contribution >= 0.6 is 11.6 Å². The molecule has 3 heteroatoms. The number of anilines is 1. The van der Waals surface area contributed by atoms with Gasteiger partial charge in [-0.2, -0.15) is 0 Å². The lowest BCUT2D eigenvalue weighted by atomic mass is 10.1. The van der Waals surface area contributed by atoms with Gasteiger partial charge in [0.15, 0.2) is 0 Å². The smallest absolute Gasteiger partial charge is 0.0471 e. The van der Waals surface area contributed by atoms with Gasteiger partial charge in [0.25, 0.3) is 0 Å². The molecular weight excluding hydrogens is 268 g/mol. The van der Waals surface area contributed by atoms with Gasteiger partial charge in [0.05, 0.1) is 0 Å². The number of benzene rings is 1. The van der Waals surface area contributed by atoms with Crippen molar-refractivity contribution in [2.75, 3.05) is 18.0 Å². The van der Waals surface area contributed by atoms with Gasteiger partial charge in [-0.05, 0) is 49.4 Å². The lowest BCUT2D eigenvalue weighted by molar-refractivity contribution is 0.571. The maximum atomic E-state index is 6.43. The minimum absolute atomic E-state index is 0.740. The van der Waals surface area contributed by atoms with Gasteiger partial charge in [0.1, 0.15) is 0 Å². The average Bonchev–Trinajstić information content (AvgIpc) is 3.22. The number of hydrogen-bond acceptors (Lipinski definition) is 2. The topological polar surface area (TPSA) is 15.3 Å². The molecule has 0 aromatic heterocycles. The lowest BCUT2D eigenvalue weighted by Gasteiger charge is -2.26. The third-order valence-corrected chi connectivity index (χ3v) is 4.22. The molecule has 0 heterocycles. The fourth-order valence-electron chi connectivity index (χ4n) is 2.42. The zero-order valence-corrected chi connectivity index (χ0v) is 13.7. The van der Waals surface area contributed by atoms with Crippen molar-refractivity contribution in [3.8, 4) is 0 Å². The van der Waals surface area contributed by atoms with Crippen molar-refractivity contribution in [1.82, 2.24) is 5.32 Å². The van der Waals surface area contributed by atoms with Crippen LogP contribution in [0.25, 0.3) is 0 Å². The Morgan fingerprint density at radius 3 is 2.65 bits per heavy atom. The van der Waals surface area contributed by atoms with Gasteiger partial charge in [0.2, 0.25) is 0 Å². The molecule has 0 saturated heterocycles. The molecule has 0 unspecified atom stereocenters. The first-order chi connectivity index (χ1) is 9.61. The summed E-state index contributed by atoms with van der Waals surface area (Å²) in [6, 6.07) is 7.29. The summed E-state index contributed by atoms with van der Waals surface area (Å²) in [5.41, 5.74) is 2.48. The van der Waals surface area contributed by atoms with Crippen LogP contribution in [0.1, 0.15) is 45.6 Å². The summed E-state index contributed by atoms with van der Waals surface area (Å²) in [5, 5.41) is 4.22. The summed E-state index contributed by atoms with van der Waals surface area (Å²) in [6.45, 7) is 9.66. The summed E-state index contributed by atoms with van der Waals surface area (Å²) in [4.78, 5) is 2.54. The van der Waals surface area contributed by atoms with Crippen LogP contribution < -0.4 is 10.2 Å². The molecule has 112 valence electrons. The van der Waals surface area contributed by atoms with Gasteiger partial charge in [0, 0.05) is 29.8 Å². The SMILES string of the molecule is CCNCc1ccc(N(CCC(C)C)C2CC2)cc1Cl. The Labute approximate surface area is 128 Å². The second-order valence-corrected chi connectivity index (χ2v) is 6.57. The summed E-state index contributed by atoms with van der Waals surface area (Å²) in [6.07, 6.45) is 3.90. The molecule has 1 aromatic carbocycles. The number of hydrogen-bond donors (Lipinski definition) is 1. The number of nitrogens with one attached hydrogen (secondary N) is 1. The summed E-state index contributed by atoms with van der Waals surface area (Å²) < 4.78 is 0. The van der Waals surface area contributed by atoms with Crippen molar-refractivity contribution in [3.05, 3.63) is 28.8 Å². The van der Waals surface area contributed by atoms with E-state index in [-0.39, 0.29) is 0 Å². The Bertz CT molecular complexity index is 427. The first kappa shape index (κ1) is 15.7. The van der Waals surface area contributed by atoms with Gasteiger partial charge in [-0.15, -0.1) is 0 Å². The van der Waals surface area contributed by atoms with Crippen LogP contribution in [-0.2, 0) is 6.54 Å². The van der Waals surface area contributed by atoms with E-state index in [2.05, 4.69) is 49.2 Å². The van der Waals surface area contributed by atoms with Crippen LogP contribution in [0, 0.1) is 5.92 Å². The van der Waals surface area contributed by atoms with Gasteiger partial charge in [-0.25, -0.2) is 0 Å². The van der Waals surface area contributed by atoms with Crippen LogP contribution in [0.15, 0.2) is 18.2 Å². The molecule has 1 aromatic rings. The molecular formula is C17H27ClN2. The number of nitrogens with zero attached hydrogens (tertiary/aromatic N) is 1. The number of halogens is 1. The van der Waals surface area contributed by atoms with Crippen molar-refractivity contribution < 1.29 is 0 Å². The molecule has 0 aliphatic heterocycles. The van der Waals surface area contributed by atoms with E-state index in [1.807, 2.05) is 0 Å². The standard InChI is InChI=1S/C17H27ClN2/c1-4-19-12-14-5-6-16(11-17(14)18)20(15-7-8-15)10-9-13(2)3/h5-6,11,13,15,19H,4,7-10,12H2,1-3H3. The van der Waals surface area contributed by atoms with E-state index in [0.29, 0.717) is 0 Å². The van der Waals surface area contributed by atoms with Crippen LogP contribution in [0.4, 0.5) is 5.69 Å². The van der Waals surface area contributed by atoms with Crippen molar-refractivity contribution in [3.63, 3.8) is 0 Å². The van der Waals surface area contributed by atoms with Crippen molar-refractivity contribution in [2.45, 2.75) is 52.6 Å². The highest BCUT2D eigenvalue weighted by molar-refractivity contribution is 6.31. The van der Waals surface area contributed by atoms with Crippen LogP contribution in [0.2, 0.25) is 5.02 Å². The third kappa shape index (κ3) is 4.39. The van der Waals surface area contributed by atoms with Crippen LogP contribution in [0.3, 0.4) is 0 Å². The first-order valence-electron chi connectivity index (χ1n) is 7.87. The zero-order valence-electron chi connectivity index (χ0n) is 13.0. The molecule has 1 fully saturated rings. The monoisotopic (exact) mass is 294 g/mol. The fraction of sp³-hybridized carbons (Fsp3) is 0.647. The largest absolute Gasteiger partial charge is 0.368 e. The van der Waals surface area contributed by atoms with E-state index < -0.39 is 0 Å². The van der Waals surface area contributed by atoms with Crippen molar-refractivity contribution in [1.29, 1.82) is 0 Å². The Morgan fingerprint density at radius 2 is 2.10 bits per heavy atom. The van der Waals surface area contributed by atoms with E-state index in [1.165, 1.54) is 30.5 Å². The normalized spacial score (nSPS) is 14.8. The Hall–Kier alpha value is -0.730. The quantitative estimate of drug-likeness (QED) is 0.761. The van der Waals surface area contributed by atoms with Gasteiger partial charge in [-0.3, -0.25) is 0 Å². The Kier molecular flexibility index (Phi) is 5.74. The number of rotatable bonds is 8. The third-order valence-electron chi connectivity index (χ3n) is 3.87. The fourth-order valence-corrected chi connectivity index (χ4v) is 2.67. The Balaban J connectivity index is 2.06. The molecule has 0 bridgehead atoms. The molecule has 0 spiro atoms. The molecule has 0 radical (unpaired) electrons. The van der Waals surface area contributed by atoms with Crippen LogP contribution in [-0.4, -0.2) is 19.1 Å². The van der Waals surface area contributed by atoms with E-state index in [4.69, 9.17) is 11.6 Å². The second kappa shape index (κ2) is 7.33. The van der Waals surface area contributed by atoms with E-state index >= 15 is 0 Å². The summed E-state index contributed by atoms with van der Waals surface area (Å²) in [5.74, 6) is 0.750. The maximum Gasteiger partial charge on any atom is 0.0471 e. The highest BCUT2D eigenvalue weighted by atomic mass is 35.5. The summed E-state index contributed by atoms with van der Waals surface area (Å²) in [7, 11) is 0. The zero-order chi connectivity index (χ0) is 14.5. The van der Waals surface area contributed by atoms with Crippen molar-refractivity contribution >= 4 is 17.3 Å². The lowest BCUT2D eigenvalue weighted by Crippen LogP contribution is -2.27. The maximum absolute atomic E-state index is 6.43. The van der Waals surface area contributed by atoms with Gasteiger partial charge < -0.3 is 10.2 Å². The van der Waals surface area contributed by atoms with E-state index in [0.717, 1.165) is 36.6 Å². The molecule has 1 aliphatic carbocycles. The Morgan fingerprint density at radius 1 is 1.35 bits per heavy atom. The molecule has 0 amide bonds. The predicted octanol–water partition coefficient (Wildman–Crippen LogP) is 4.46. The molecule has 2 rings (SSSR count). The minimum atomic E-state index is 0.740. The highest BCUT2D eigenvalue weighted by Crippen LogP contribution is 2.34. The molecule has 1 N–H and O–H groups in total. The van der Waals surface area contributed by atoms with Crippen LogP contribution in [0.5, 0.6) is 0 Å². The van der Waals surface area contributed by atoms with Gasteiger partial charge >= 0.3 is 0 Å². The molecule has 1 aliphatic rings. The molecule has 0 atom stereocenters. The van der Waals surface area contributed by atoms with E-state index in [9.17, 15) is 0 Å². The molecule has 20 heavy (non-hydrogen) atoms.